The zero-order valence-electron chi connectivity index (χ0n) is 19.2. The lowest BCUT2D eigenvalue weighted by Gasteiger charge is -2.11. The summed E-state index contributed by atoms with van der Waals surface area (Å²) in [5.74, 6) is -0.0488. The average Bonchev–Trinajstić information content (AvgIpc) is 2.91. The Balaban J connectivity index is 1.42. The molecule has 0 aliphatic heterocycles. The summed E-state index contributed by atoms with van der Waals surface area (Å²) < 4.78 is 10.6. The third-order valence-electron chi connectivity index (χ3n) is 5.61. The normalized spacial score (nSPS) is 10.8. The van der Waals surface area contributed by atoms with Gasteiger partial charge in [0.25, 0.3) is 5.91 Å². The van der Waals surface area contributed by atoms with E-state index in [1.54, 1.807) is 31.4 Å². The lowest BCUT2D eigenvalue weighted by Crippen LogP contribution is -2.21. The number of benzene rings is 3. The van der Waals surface area contributed by atoms with Gasteiger partial charge in [0.2, 0.25) is 0 Å². The zero-order valence-corrected chi connectivity index (χ0v) is 20.0. The van der Waals surface area contributed by atoms with Crippen LogP contribution in [-0.4, -0.2) is 35.6 Å². The summed E-state index contributed by atoms with van der Waals surface area (Å²) in [5.41, 5.74) is 2.43. The highest BCUT2D eigenvalue weighted by Crippen LogP contribution is 2.29. The van der Waals surface area contributed by atoms with Gasteiger partial charge < -0.3 is 14.8 Å². The maximum atomic E-state index is 13.0. The highest BCUT2D eigenvalue weighted by molar-refractivity contribution is 6.30. The van der Waals surface area contributed by atoms with Crippen molar-refractivity contribution in [3.8, 4) is 17.0 Å². The van der Waals surface area contributed by atoms with E-state index in [4.69, 9.17) is 26.1 Å². The molecule has 5 aromatic rings. The Morgan fingerprint density at radius 1 is 0.944 bits per heavy atom. The van der Waals surface area contributed by atoms with E-state index in [9.17, 15) is 9.59 Å². The third-order valence-corrected chi connectivity index (χ3v) is 5.83. The van der Waals surface area contributed by atoms with Gasteiger partial charge in [0.15, 0.2) is 6.61 Å². The number of carbonyl (C=O) groups is 2. The fraction of sp³-hybridized carbons (Fsp3) is 0.0714. The fourth-order valence-corrected chi connectivity index (χ4v) is 3.95. The number of hydrogen-bond acceptors (Lipinski definition) is 6. The number of fused-ring (bicyclic) bond motifs is 2. The molecule has 0 saturated carbocycles. The van der Waals surface area contributed by atoms with E-state index in [0.29, 0.717) is 33.0 Å². The predicted octanol–water partition coefficient (Wildman–Crippen LogP) is 5.91. The van der Waals surface area contributed by atoms with Crippen LogP contribution in [0.3, 0.4) is 0 Å². The van der Waals surface area contributed by atoms with Crippen LogP contribution in [0.5, 0.6) is 5.75 Å². The minimum Gasteiger partial charge on any atom is -0.497 e. The second kappa shape index (κ2) is 10.0. The molecule has 3 aromatic carbocycles. The van der Waals surface area contributed by atoms with Crippen molar-refractivity contribution in [2.24, 2.45) is 0 Å². The van der Waals surface area contributed by atoms with E-state index >= 15 is 0 Å². The molecule has 0 atom stereocenters. The molecule has 0 unspecified atom stereocenters. The monoisotopic (exact) mass is 497 g/mol. The first-order valence-electron chi connectivity index (χ1n) is 11.1. The number of rotatable bonds is 6. The number of nitrogens with zero attached hydrogens (tertiary/aromatic N) is 2. The van der Waals surface area contributed by atoms with Crippen molar-refractivity contribution in [3.63, 3.8) is 0 Å². The summed E-state index contributed by atoms with van der Waals surface area (Å²) in [6.07, 6.45) is 1.41. The molecular weight excluding hydrogens is 478 g/mol. The molecule has 0 fully saturated rings. The quantitative estimate of drug-likeness (QED) is 0.293. The van der Waals surface area contributed by atoms with Gasteiger partial charge in [-0.2, -0.15) is 0 Å². The predicted molar refractivity (Wildman–Crippen MR) is 139 cm³/mol. The second-order valence-electron chi connectivity index (χ2n) is 7.99. The van der Waals surface area contributed by atoms with Gasteiger partial charge in [0, 0.05) is 17.1 Å². The minimum absolute atomic E-state index is 0.311. The molecule has 36 heavy (non-hydrogen) atoms. The van der Waals surface area contributed by atoms with Gasteiger partial charge in [0.1, 0.15) is 11.6 Å². The Bertz CT molecular complexity index is 1600. The largest absolute Gasteiger partial charge is 0.497 e. The third kappa shape index (κ3) is 4.96. The molecule has 8 heteroatoms. The van der Waals surface area contributed by atoms with Crippen molar-refractivity contribution in [1.82, 2.24) is 9.97 Å². The van der Waals surface area contributed by atoms with Crippen molar-refractivity contribution in [1.29, 1.82) is 0 Å². The molecule has 0 aliphatic rings. The van der Waals surface area contributed by atoms with Crippen molar-refractivity contribution in [3.05, 3.63) is 95.6 Å². The molecule has 2 aromatic heterocycles. The summed E-state index contributed by atoms with van der Waals surface area (Å²) in [6, 6.07) is 23.9. The number of aromatic nitrogens is 2. The van der Waals surface area contributed by atoms with Gasteiger partial charge >= 0.3 is 5.97 Å². The first-order valence-corrected chi connectivity index (χ1v) is 11.4. The Morgan fingerprint density at radius 2 is 1.75 bits per heavy atom. The van der Waals surface area contributed by atoms with Crippen molar-refractivity contribution < 1.29 is 19.1 Å². The number of anilines is 1. The van der Waals surface area contributed by atoms with Gasteiger partial charge in [-0.25, -0.2) is 14.8 Å². The van der Waals surface area contributed by atoms with Crippen LogP contribution >= 0.6 is 11.6 Å². The fourth-order valence-electron chi connectivity index (χ4n) is 3.84. The molecule has 0 radical (unpaired) electrons. The van der Waals surface area contributed by atoms with Crippen LogP contribution in [0.25, 0.3) is 32.9 Å². The summed E-state index contributed by atoms with van der Waals surface area (Å²) in [6.45, 7) is -0.465. The lowest BCUT2D eigenvalue weighted by molar-refractivity contribution is -0.119. The smallest absolute Gasteiger partial charge is 0.339 e. The second-order valence-corrected chi connectivity index (χ2v) is 8.42. The number of carbonyl (C=O) groups excluding carboxylic acids is 2. The van der Waals surface area contributed by atoms with Crippen LogP contribution in [0.15, 0.2) is 85.1 Å². The summed E-state index contributed by atoms with van der Waals surface area (Å²) >= 11 is 5.81. The van der Waals surface area contributed by atoms with Crippen LogP contribution in [-0.2, 0) is 9.53 Å². The van der Waals surface area contributed by atoms with Gasteiger partial charge in [-0.05, 0) is 53.2 Å². The molecule has 1 N–H and O–H groups in total. The van der Waals surface area contributed by atoms with Crippen molar-refractivity contribution >= 4 is 51.0 Å². The maximum Gasteiger partial charge on any atom is 0.339 e. The number of pyridine rings is 2. The Kier molecular flexibility index (Phi) is 6.47. The first kappa shape index (κ1) is 23.3. The molecule has 0 bridgehead atoms. The highest BCUT2D eigenvalue weighted by atomic mass is 35.5. The van der Waals surface area contributed by atoms with Gasteiger partial charge in [-0.15, -0.1) is 0 Å². The summed E-state index contributed by atoms with van der Waals surface area (Å²) in [4.78, 5) is 34.1. The topological polar surface area (TPSA) is 90.4 Å². The van der Waals surface area contributed by atoms with Crippen LogP contribution in [0.1, 0.15) is 10.4 Å². The van der Waals surface area contributed by atoms with E-state index in [0.717, 1.165) is 22.1 Å². The number of halogens is 1. The average molecular weight is 498 g/mol. The molecule has 178 valence electrons. The molecule has 1 amide bonds. The molecule has 2 heterocycles. The Hall–Kier alpha value is -4.49. The van der Waals surface area contributed by atoms with E-state index in [-0.39, 0.29) is 0 Å². The van der Waals surface area contributed by atoms with Crippen LogP contribution in [0.4, 0.5) is 5.82 Å². The Labute approximate surface area is 211 Å². The zero-order chi connectivity index (χ0) is 25.1. The molecule has 0 spiro atoms. The van der Waals surface area contributed by atoms with Crippen molar-refractivity contribution in [2.75, 3.05) is 19.0 Å². The maximum absolute atomic E-state index is 13.0. The van der Waals surface area contributed by atoms with E-state index in [1.807, 2.05) is 54.6 Å². The van der Waals surface area contributed by atoms with E-state index < -0.39 is 18.5 Å². The number of hydrogen-bond donors (Lipinski definition) is 1. The van der Waals surface area contributed by atoms with E-state index in [1.165, 1.54) is 6.20 Å². The summed E-state index contributed by atoms with van der Waals surface area (Å²) in [7, 11) is 1.63. The molecule has 0 aliphatic carbocycles. The van der Waals surface area contributed by atoms with Gasteiger partial charge in [0.05, 0.1) is 28.9 Å². The van der Waals surface area contributed by atoms with Gasteiger partial charge in [-0.3, -0.25) is 4.79 Å². The number of esters is 1. The van der Waals surface area contributed by atoms with E-state index in [2.05, 4.69) is 10.3 Å². The van der Waals surface area contributed by atoms with Gasteiger partial charge in [-0.1, -0.05) is 48.0 Å². The first-order chi connectivity index (χ1) is 17.5. The highest BCUT2D eigenvalue weighted by Gasteiger charge is 2.17. The standard InChI is InChI=1S/C28H20ClN3O4/c1-35-21-10-8-17-12-19(7-6-18(17)13-21)25-14-23(22-4-2-3-5-24(22)31-25)28(34)36-16-27(33)32-26-11-9-20(29)15-30-26/h2-15H,16H2,1H3,(H,30,32,33). The van der Waals surface area contributed by atoms with Crippen molar-refractivity contribution in [2.45, 2.75) is 0 Å². The number of nitrogens with one attached hydrogen (secondary N) is 1. The molecular formula is C28H20ClN3O4. The molecule has 0 saturated heterocycles. The number of amides is 1. The number of ether oxygens (including phenoxy) is 2. The Morgan fingerprint density at radius 3 is 2.56 bits per heavy atom. The summed E-state index contributed by atoms with van der Waals surface area (Å²) in [5, 5.41) is 5.70. The SMILES string of the molecule is COc1ccc2cc(-c3cc(C(=O)OCC(=O)Nc4ccc(Cl)cn4)c4ccccc4n3)ccc2c1. The van der Waals surface area contributed by atoms with Crippen LogP contribution in [0.2, 0.25) is 5.02 Å². The lowest BCUT2D eigenvalue weighted by atomic mass is 10.0. The molecule has 7 nitrogen and oxygen atoms in total. The minimum atomic E-state index is -0.625. The molecule has 5 rings (SSSR count). The number of para-hydroxylation sites is 1. The van der Waals surface area contributed by atoms with Crippen LogP contribution in [0, 0.1) is 0 Å². The number of methoxy groups -OCH3 is 1. The van der Waals surface area contributed by atoms with Crippen LogP contribution < -0.4 is 10.1 Å².